The molecule has 2 rings (SSSR count). The van der Waals surface area contributed by atoms with Crippen molar-refractivity contribution in [3.63, 3.8) is 0 Å². The number of esters is 1. The van der Waals surface area contributed by atoms with Crippen LogP contribution in [0.15, 0.2) is 24.3 Å². The fourth-order valence-electron chi connectivity index (χ4n) is 2.39. The number of nitrogens with zero attached hydrogens (tertiary/aromatic N) is 1. The third-order valence-electron chi connectivity index (χ3n) is 3.37. The van der Waals surface area contributed by atoms with E-state index in [4.69, 9.17) is 10.5 Å². The molecule has 1 aromatic carbocycles. The molecule has 0 spiro atoms. The van der Waals surface area contributed by atoms with Gasteiger partial charge in [-0.25, -0.2) is 4.79 Å². The maximum Gasteiger partial charge on any atom is 0.328 e. The lowest BCUT2D eigenvalue weighted by molar-refractivity contribution is -0.147. The van der Waals surface area contributed by atoms with E-state index in [0.29, 0.717) is 24.2 Å². The van der Waals surface area contributed by atoms with Gasteiger partial charge in [-0.05, 0) is 37.5 Å². The molecule has 2 N–H and O–H groups in total. The Balaban J connectivity index is 2.22. The Labute approximate surface area is 112 Å². The van der Waals surface area contributed by atoms with E-state index in [2.05, 4.69) is 0 Å². The molecular weight excluding hydrogens is 244 g/mol. The maximum atomic E-state index is 12.4. The molecule has 1 aliphatic heterocycles. The molecule has 1 unspecified atom stereocenters. The highest BCUT2D eigenvalue weighted by molar-refractivity contribution is 5.97. The summed E-state index contributed by atoms with van der Waals surface area (Å²) in [6.07, 6.45) is 2.49. The van der Waals surface area contributed by atoms with Crippen LogP contribution in [0.25, 0.3) is 0 Å². The van der Waals surface area contributed by atoms with Crippen LogP contribution in [0.4, 0.5) is 5.69 Å². The number of likely N-dealkylation sites (tertiary alicyclic amines) is 1. The second-order valence-electron chi connectivity index (χ2n) is 4.66. The van der Waals surface area contributed by atoms with Crippen LogP contribution in [0.5, 0.6) is 0 Å². The minimum atomic E-state index is -0.479. The van der Waals surface area contributed by atoms with Crippen LogP contribution in [0.3, 0.4) is 0 Å². The highest BCUT2D eigenvalue weighted by Gasteiger charge is 2.33. The van der Waals surface area contributed by atoms with Crippen molar-refractivity contribution in [1.29, 1.82) is 0 Å². The number of benzene rings is 1. The van der Waals surface area contributed by atoms with Crippen molar-refractivity contribution >= 4 is 17.6 Å². The zero-order valence-corrected chi connectivity index (χ0v) is 11.0. The molecule has 0 saturated carbocycles. The Hall–Kier alpha value is -2.04. The summed E-state index contributed by atoms with van der Waals surface area (Å²) in [4.78, 5) is 25.8. The summed E-state index contributed by atoms with van der Waals surface area (Å²) in [5.41, 5.74) is 6.73. The van der Waals surface area contributed by atoms with Crippen LogP contribution in [0, 0.1) is 0 Å². The molecule has 1 amide bonds. The van der Waals surface area contributed by atoms with Gasteiger partial charge in [0, 0.05) is 17.8 Å². The predicted molar refractivity (Wildman–Crippen MR) is 71.5 cm³/mol. The Morgan fingerprint density at radius 3 is 2.84 bits per heavy atom. The van der Waals surface area contributed by atoms with Gasteiger partial charge in [-0.2, -0.15) is 0 Å². The Kier molecular flexibility index (Phi) is 4.04. The van der Waals surface area contributed by atoms with Crippen molar-refractivity contribution < 1.29 is 14.3 Å². The highest BCUT2D eigenvalue weighted by Crippen LogP contribution is 2.21. The third-order valence-corrected chi connectivity index (χ3v) is 3.37. The van der Waals surface area contributed by atoms with Crippen molar-refractivity contribution in [2.75, 3.05) is 19.4 Å². The number of hydrogen-bond acceptors (Lipinski definition) is 4. The minimum Gasteiger partial charge on any atom is -0.467 e. The number of nitrogen functional groups attached to an aromatic ring is 1. The maximum absolute atomic E-state index is 12.4. The molecule has 0 radical (unpaired) electrons. The van der Waals surface area contributed by atoms with Crippen LogP contribution >= 0.6 is 0 Å². The second kappa shape index (κ2) is 5.73. The Bertz CT molecular complexity index is 487. The van der Waals surface area contributed by atoms with Gasteiger partial charge >= 0.3 is 5.97 Å². The number of carbonyl (C=O) groups excluding carboxylic acids is 2. The highest BCUT2D eigenvalue weighted by atomic mass is 16.5. The smallest absolute Gasteiger partial charge is 0.328 e. The molecule has 5 heteroatoms. The van der Waals surface area contributed by atoms with E-state index in [1.165, 1.54) is 7.11 Å². The van der Waals surface area contributed by atoms with Gasteiger partial charge in [0.1, 0.15) is 6.04 Å². The van der Waals surface area contributed by atoms with Gasteiger partial charge in [0.15, 0.2) is 0 Å². The lowest BCUT2D eigenvalue weighted by Crippen LogP contribution is -2.48. The average molecular weight is 262 g/mol. The van der Waals surface area contributed by atoms with Gasteiger partial charge < -0.3 is 15.4 Å². The third kappa shape index (κ3) is 2.86. The van der Waals surface area contributed by atoms with Gasteiger partial charge in [0.25, 0.3) is 5.91 Å². The van der Waals surface area contributed by atoms with E-state index in [9.17, 15) is 9.59 Å². The lowest BCUT2D eigenvalue weighted by Gasteiger charge is -2.33. The van der Waals surface area contributed by atoms with Crippen LogP contribution in [0.2, 0.25) is 0 Å². The Morgan fingerprint density at radius 1 is 1.37 bits per heavy atom. The number of carbonyl (C=O) groups is 2. The first-order valence-corrected chi connectivity index (χ1v) is 6.38. The zero-order chi connectivity index (χ0) is 13.8. The summed E-state index contributed by atoms with van der Waals surface area (Å²) in [5.74, 6) is -0.514. The van der Waals surface area contributed by atoms with E-state index in [0.717, 1.165) is 12.8 Å². The first-order valence-electron chi connectivity index (χ1n) is 6.38. The number of ether oxygens (including phenoxy) is 1. The molecule has 0 bridgehead atoms. The van der Waals surface area contributed by atoms with Crippen LogP contribution in [-0.4, -0.2) is 36.5 Å². The largest absolute Gasteiger partial charge is 0.467 e. The number of anilines is 1. The molecule has 0 aromatic heterocycles. The van der Waals surface area contributed by atoms with E-state index >= 15 is 0 Å². The minimum absolute atomic E-state index is 0.164. The first kappa shape index (κ1) is 13.4. The van der Waals surface area contributed by atoms with Crippen LogP contribution in [0.1, 0.15) is 29.6 Å². The molecule has 5 nitrogen and oxygen atoms in total. The molecule has 1 atom stereocenters. The van der Waals surface area contributed by atoms with Crippen molar-refractivity contribution in [2.24, 2.45) is 0 Å². The van der Waals surface area contributed by atoms with Crippen molar-refractivity contribution in [3.8, 4) is 0 Å². The summed E-state index contributed by atoms with van der Waals surface area (Å²) < 4.78 is 4.77. The van der Waals surface area contributed by atoms with Crippen molar-refractivity contribution in [3.05, 3.63) is 29.8 Å². The molecule has 1 heterocycles. The number of hydrogen-bond donors (Lipinski definition) is 1. The summed E-state index contributed by atoms with van der Waals surface area (Å²) in [5, 5.41) is 0. The number of piperidine rings is 1. The van der Waals surface area contributed by atoms with Gasteiger partial charge in [0.2, 0.25) is 0 Å². The molecular formula is C14H18N2O3. The van der Waals surface area contributed by atoms with Crippen LogP contribution in [-0.2, 0) is 9.53 Å². The second-order valence-corrected chi connectivity index (χ2v) is 4.66. The van der Waals surface area contributed by atoms with E-state index in [1.54, 1.807) is 29.2 Å². The number of amides is 1. The average Bonchev–Trinajstić information content (AvgIpc) is 2.45. The Morgan fingerprint density at radius 2 is 2.16 bits per heavy atom. The number of rotatable bonds is 2. The van der Waals surface area contributed by atoms with Gasteiger partial charge in [-0.1, -0.05) is 6.07 Å². The van der Waals surface area contributed by atoms with Crippen molar-refractivity contribution in [2.45, 2.75) is 25.3 Å². The molecule has 1 aliphatic rings. The standard InChI is InChI=1S/C14H18N2O3/c1-19-14(18)12-7-2-3-8-16(12)13(17)10-5-4-6-11(15)9-10/h4-6,9,12H,2-3,7-8,15H2,1H3. The summed E-state index contributed by atoms with van der Waals surface area (Å²) >= 11 is 0. The van der Waals surface area contributed by atoms with E-state index in [-0.39, 0.29) is 11.9 Å². The van der Waals surface area contributed by atoms with Crippen LogP contribution < -0.4 is 5.73 Å². The zero-order valence-electron chi connectivity index (χ0n) is 11.0. The first-order chi connectivity index (χ1) is 9.13. The van der Waals surface area contributed by atoms with Gasteiger partial charge in [0.05, 0.1) is 7.11 Å². The lowest BCUT2D eigenvalue weighted by atomic mass is 10.0. The van der Waals surface area contributed by atoms with E-state index in [1.807, 2.05) is 0 Å². The molecule has 102 valence electrons. The van der Waals surface area contributed by atoms with Gasteiger partial charge in [-0.15, -0.1) is 0 Å². The number of methoxy groups -OCH3 is 1. The fraction of sp³-hybridized carbons (Fsp3) is 0.429. The van der Waals surface area contributed by atoms with E-state index < -0.39 is 6.04 Å². The monoisotopic (exact) mass is 262 g/mol. The van der Waals surface area contributed by atoms with Gasteiger partial charge in [-0.3, -0.25) is 4.79 Å². The summed E-state index contributed by atoms with van der Waals surface area (Å²) in [6.45, 7) is 0.577. The summed E-state index contributed by atoms with van der Waals surface area (Å²) in [7, 11) is 1.35. The summed E-state index contributed by atoms with van der Waals surface area (Å²) in [6, 6.07) is 6.32. The molecule has 1 aromatic rings. The molecule has 1 saturated heterocycles. The number of nitrogens with two attached hydrogens (primary N) is 1. The topological polar surface area (TPSA) is 72.6 Å². The molecule has 0 aliphatic carbocycles. The predicted octanol–water partition coefficient (Wildman–Crippen LogP) is 1.44. The quantitative estimate of drug-likeness (QED) is 0.646. The SMILES string of the molecule is COC(=O)C1CCCCN1C(=O)c1cccc(N)c1. The molecule has 19 heavy (non-hydrogen) atoms. The molecule has 1 fully saturated rings. The normalized spacial score (nSPS) is 19.0. The van der Waals surface area contributed by atoms with Crippen molar-refractivity contribution in [1.82, 2.24) is 4.90 Å². The fourth-order valence-corrected chi connectivity index (χ4v) is 2.39.